The fourth-order valence-electron chi connectivity index (χ4n) is 3.71. The molecule has 4 rings (SSSR count). The first kappa shape index (κ1) is 24.8. The number of halogens is 1. The van der Waals surface area contributed by atoms with Crippen LogP contribution in [-0.2, 0) is 9.59 Å². The van der Waals surface area contributed by atoms with Gasteiger partial charge in [0.05, 0.1) is 25.5 Å². The van der Waals surface area contributed by atoms with Gasteiger partial charge in [-0.1, -0.05) is 29.3 Å². The van der Waals surface area contributed by atoms with Crippen molar-refractivity contribution in [3.63, 3.8) is 0 Å². The number of hydrogen-bond donors (Lipinski definition) is 1. The van der Waals surface area contributed by atoms with Gasteiger partial charge in [0.25, 0.3) is 11.8 Å². The Bertz CT molecular complexity index is 1400. The Hall–Kier alpha value is -4.30. The molecule has 0 atom stereocenters. The minimum atomic E-state index is -0.704. The quantitative estimate of drug-likeness (QED) is 0.274. The van der Waals surface area contributed by atoms with Crippen LogP contribution in [0.1, 0.15) is 21.5 Å². The van der Waals surface area contributed by atoms with Crippen molar-refractivity contribution in [3.05, 3.63) is 88.1 Å². The predicted octanol–water partition coefficient (Wildman–Crippen LogP) is 4.98. The smallest absolute Gasteiger partial charge is 0.343 e. The van der Waals surface area contributed by atoms with Crippen LogP contribution in [-0.4, -0.2) is 32.0 Å². The zero-order chi connectivity index (χ0) is 26.0. The monoisotopic (exact) mass is 506 g/mol. The summed E-state index contributed by atoms with van der Waals surface area (Å²) in [6.45, 7) is 3.82. The molecule has 0 fully saturated rings. The number of nitrogens with zero attached hydrogens (tertiary/aromatic N) is 1. The highest BCUT2D eigenvalue weighted by Crippen LogP contribution is 2.38. The van der Waals surface area contributed by atoms with Crippen molar-refractivity contribution in [1.29, 1.82) is 0 Å². The highest BCUT2D eigenvalue weighted by Gasteiger charge is 2.40. The van der Waals surface area contributed by atoms with Gasteiger partial charge >= 0.3 is 5.97 Å². The molecule has 0 radical (unpaired) electrons. The highest BCUT2D eigenvalue weighted by molar-refractivity contribution is 6.53. The number of amides is 2. The molecule has 1 heterocycles. The lowest BCUT2D eigenvalue weighted by atomic mass is 10.1. The molecule has 36 heavy (non-hydrogen) atoms. The third kappa shape index (κ3) is 4.76. The molecule has 0 saturated carbocycles. The Morgan fingerprint density at radius 1 is 0.861 bits per heavy atom. The van der Waals surface area contributed by atoms with Gasteiger partial charge in [-0.15, -0.1) is 0 Å². The van der Waals surface area contributed by atoms with Crippen molar-refractivity contribution in [2.45, 2.75) is 13.8 Å². The average molecular weight is 507 g/mol. The van der Waals surface area contributed by atoms with Gasteiger partial charge in [0, 0.05) is 11.8 Å². The molecule has 3 aromatic rings. The molecule has 184 valence electrons. The largest absolute Gasteiger partial charge is 0.497 e. The molecule has 9 heteroatoms. The maximum Gasteiger partial charge on any atom is 0.343 e. The Morgan fingerprint density at radius 3 is 2.19 bits per heavy atom. The van der Waals surface area contributed by atoms with Gasteiger partial charge in [-0.05, 0) is 61.9 Å². The number of anilines is 2. The Kier molecular flexibility index (Phi) is 6.98. The predicted molar refractivity (Wildman–Crippen MR) is 136 cm³/mol. The van der Waals surface area contributed by atoms with Crippen LogP contribution in [0.5, 0.6) is 17.2 Å². The molecule has 3 aromatic carbocycles. The summed E-state index contributed by atoms with van der Waals surface area (Å²) in [4.78, 5) is 39.5. The van der Waals surface area contributed by atoms with Crippen molar-refractivity contribution >= 4 is 40.8 Å². The van der Waals surface area contributed by atoms with Crippen LogP contribution >= 0.6 is 11.6 Å². The summed E-state index contributed by atoms with van der Waals surface area (Å²) < 4.78 is 16.0. The van der Waals surface area contributed by atoms with Gasteiger partial charge in [-0.25, -0.2) is 9.69 Å². The number of ether oxygens (including phenoxy) is 3. The van der Waals surface area contributed by atoms with Crippen LogP contribution in [0.4, 0.5) is 11.4 Å². The Balaban J connectivity index is 1.52. The van der Waals surface area contributed by atoms with E-state index in [1.165, 1.54) is 20.3 Å². The molecule has 1 N–H and O–H groups in total. The van der Waals surface area contributed by atoms with E-state index in [1.54, 1.807) is 42.5 Å². The van der Waals surface area contributed by atoms with Gasteiger partial charge in [-0.3, -0.25) is 9.59 Å². The summed E-state index contributed by atoms with van der Waals surface area (Å²) >= 11 is 6.24. The normalized spacial score (nSPS) is 13.2. The van der Waals surface area contributed by atoms with E-state index in [4.69, 9.17) is 25.8 Å². The van der Waals surface area contributed by atoms with E-state index in [9.17, 15) is 14.4 Å². The lowest BCUT2D eigenvalue weighted by molar-refractivity contribution is -0.120. The number of nitrogens with one attached hydrogen (secondary N) is 1. The summed E-state index contributed by atoms with van der Waals surface area (Å²) in [7, 11) is 2.90. The molecule has 2 amide bonds. The number of benzene rings is 3. The second-order valence-corrected chi connectivity index (χ2v) is 8.41. The molecule has 1 aliphatic heterocycles. The van der Waals surface area contributed by atoms with E-state index >= 15 is 0 Å². The van der Waals surface area contributed by atoms with Crippen molar-refractivity contribution in [2.24, 2.45) is 0 Å². The number of carbonyl (C=O) groups is 3. The number of aryl methyl sites for hydroxylation is 2. The number of carbonyl (C=O) groups excluding carboxylic acids is 3. The van der Waals surface area contributed by atoms with Gasteiger partial charge in [0.1, 0.15) is 28.0 Å². The number of imide groups is 1. The first-order chi connectivity index (χ1) is 17.2. The van der Waals surface area contributed by atoms with E-state index in [1.807, 2.05) is 26.0 Å². The Morgan fingerprint density at radius 2 is 1.56 bits per heavy atom. The number of rotatable bonds is 7. The summed E-state index contributed by atoms with van der Waals surface area (Å²) in [6.07, 6.45) is 0. The molecule has 0 spiro atoms. The van der Waals surface area contributed by atoms with Crippen molar-refractivity contribution < 1.29 is 28.6 Å². The summed E-state index contributed by atoms with van der Waals surface area (Å²) in [5, 5.41) is 2.60. The maximum absolute atomic E-state index is 13.2. The standard InChI is InChI=1S/C27H23ClN2O6/c1-15-5-11-21(16(2)13-15)36-27(33)17-6-8-18(9-7-17)29-24-23(28)25(31)30(26(24)32)20-14-19(34-3)10-12-22(20)35-4/h5-14,29H,1-4H3. The highest BCUT2D eigenvalue weighted by atomic mass is 35.5. The minimum Gasteiger partial charge on any atom is -0.497 e. The molecular weight excluding hydrogens is 484 g/mol. The fraction of sp³-hybridized carbons (Fsp3) is 0.148. The molecule has 0 aliphatic carbocycles. The molecule has 0 bridgehead atoms. The van der Waals surface area contributed by atoms with Crippen LogP contribution in [0.3, 0.4) is 0 Å². The number of methoxy groups -OCH3 is 2. The van der Waals surface area contributed by atoms with Crippen LogP contribution in [0, 0.1) is 13.8 Å². The minimum absolute atomic E-state index is 0.0999. The average Bonchev–Trinajstić information content (AvgIpc) is 3.08. The van der Waals surface area contributed by atoms with E-state index in [2.05, 4.69) is 5.32 Å². The second-order valence-electron chi connectivity index (χ2n) is 8.03. The van der Waals surface area contributed by atoms with Crippen LogP contribution in [0.15, 0.2) is 71.4 Å². The van der Waals surface area contributed by atoms with Crippen LogP contribution < -0.4 is 24.4 Å². The van der Waals surface area contributed by atoms with Gasteiger partial charge < -0.3 is 19.5 Å². The van der Waals surface area contributed by atoms with E-state index in [-0.39, 0.29) is 16.4 Å². The molecule has 8 nitrogen and oxygen atoms in total. The van der Waals surface area contributed by atoms with Crippen LogP contribution in [0.2, 0.25) is 0 Å². The van der Waals surface area contributed by atoms with E-state index in [0.29, 0.717) is 28.5 Å². The fourth-order valence-corrected chi connectivity index (χ4v) is 3.92. The van der Waals surface area contributed by atoms with Crippen molar-refractivity contribution in [1.82, 2.24) is 0 Å². The molecule has 1 aliphatic rings. The molecule has 0 aromatic heterocycles. The summed E-state index contributed by atoms with van der Waals surface area (Å²) in [6, 6.07) is 16.6. The van der Waals surface area contributed by atoms with Crippen molar-refractivity contribution in [3.8, 4) is 17.2 Å². The lowest BCUT2D eigenvalue weighted by Crippen LogP contribution is -2.32. The maximum atomic E-state index is 13.2. The number of hydrogen-bond acceptors (Lipinski definition) is 7. The summed E-state index contributed by atoms with van der Waals surface area (Å²) in [5.74, 6) is -0.663. The zero-order valence-electron chi connectivity index (χ0n) is 20.0. The molecular formula is C27H23ClN2O6. The first-order valence-electron chi connectivity index (χ1n) is 10.9. The van der Waals surface area contributed by atoms with Gasteiger partial charge in [-0.2, -0.15) is 0 Å². The van der Waals surface area contributed by atoms with E-state index < -0.39 is 17.8 Å². The number of esters is 1. The third-order valence-corrected chi connectivity index (χ3v) is 5.93. The Labute approximate surface area is 213 Å². The second kappa shape index (κ2) is 10.1. The van der Waals surface area contributed by atoms with Gasteiger partial charge in [0.2, 0.25) is 0 Å². The summed E-state index contributed by atoms with van der Waals surface area (Å²) in [5.41, 5.74) is 2.79. The zero-order valence-corrected chi connectivity index (χ0v) is 20.8. The molecule has 0 saturated heterocycles. The third-order valence-electron chi connectivity index (χ3n) is 5.58. The van der Waals surface area contributed by atoms with Crippen LogP contribution in [0.25, 0.3) is 0 Å². The topological polar surface area (TPSA) is 94.2 Å². The first-order valence-corrected chi connectivity index (χ1v) is 11.3. The lowest BCUT2D eigenvalue weighted by Gasteiger charge is -2.19. The van der Waals surface area contributed by atoms with Crippen molar-refractivity contribution in [2.75, 3.05) is 24.4 Å². The van der Waals surface area contributed by atoms with E-state index in [0.717, 1.165) is 16.0 Å². The van der Waals surface area contributed by atoms with Gasteiger partial charge in [0.15, 0.2) is 0 Å². The SMILES string of the molecule is COc1ccc(OC)c(N2C(=O)C(Cl)=C(Nc3ccc(C(=O)Oc4ccc(C)cc4C)cc3)C2=O)c1. The molecule has 0 unspecified atom stereocenters.